The van der Waals surface area contributed by atoms with Gasteiger partial charge in [0.05, 0.1) is 28.2 Å². The van der Waals surface area contributed by atoms with E-state index in [1.165, 1.54) is 28.0 Å². The lowest BCUT2D eigenvalue weighted by Gasteiger charge is -2.18. The zero-order valence-electron chi connectivity index (χ0n) is 14.9. The number of thioether (sulfide) groups is 1. The maximum Gasteiger partial charge on any atom is 0.272 e. The van der Waals surface area contributed by atoms with Gasteiger partial charge in [0.2, 0.25) is 0 Å². The van der Waals surface area contributed by atoms with Crippen LogP contribution in [0.4, 0.5) is 5.69 Å². The van der Waals surface area contributed by atoms with Crippen LogP contribution in [0.5, 0.6) is 0 Å². The summed E-state index contributed by atoms with van der Waals surface area (Å²) in [6.45, 7) is 3.91. The Morgan fingerprint density at radius 2 is 1.89 bits per heavy atom. The van der Waals surface area contributed by atoms with E-state index in [1.54, 1.807) is 6.26 Å². The molecule has 1 aliphatic heterocycles. The molecule has 0 atom stereocenters. The topological polar surface area (TPSA) is 50.5 Å². The van der Waals surface area contributed by atoms with Crippen molar-refractivity contribution in [1.29, 1.82) is 0 Å². The zero-order valence-corrected chi connectivity index (χ0v) is 16.5. The van der Waals surface area contributed by atoms with Gasteiger partial charge in [0.15, 0.2) is 0 Å². The molecular weight excluding hydrogens is 378 g/mol. The van der Waals surface area contributed by atoms with Gasteiger partial charge < -0.3 is 4.42 Å². The molecule has 1 aromatic carbocycles. The molecule has 6 heteroatoms. The summed E-state index contributed by atoms with van der Waals surface area (Å²) in [7, 11) is 0. The molecule has 27 heavy (non-hydrogen) atoms. The zero-order chi connectivity index (χ0) is 19.0. The molecule has 1 aliphatic rings. The lowest BCUT2D eigenvalue weighted by atomic mass is 10.1. The molecule has 136 valence electrons. The molecule has 0 saturated heterocycles. The van der Waals surface area contributed by atoms with Crippen LogP contribution in [0.1, 0.15) is 21.8 Å². The molecule has 0 radical (unpaired) electrons. The minimum Gasteiger partial charge on any atom is -0.468 e. The van der Waals surface area contributed by atoms with Crippen LogP contribution in [0.25, 0.3) is 5.57 Å². The van der Waals surface area contributed by atoms with Gasteiger partial charge in [-0.25, -0.2) is 4.90 Å². The van der Waals surface area contributed by atoms with Crippen LogP contribution in [-0.4, -0.2) is 11.8 Å². The van der Waals surface area contributed by atoms with Crippen molar-refractivity contribution in [2.75, 3.05) is 4.90 Å². The van der Waals surface area contributed by atoms with Crippen LogP contribution in [0.2, 0.25) is 0 Å². The molecule has 2 amide bonds. The fourth-order valence-corrected chi connectivity index (χ4v) is 4.86. The van der Waals surface area contributed by atoms with Crippen LogP contribution in [-0.2, 0) is 15.3 Å². The first kappa shape index (κ1) is 17.8. The predicted octanol–water partition coefficient (Wildman–Crippen LogP) is 5.18. The first-order valence-electron chi connectivity index (χ1n) is 8.46. The summed E-state index contributed by atoms with van der Waals surface area (Å²) in [4.78, 5) is 29.1. The first-order chi connectivity index (χ1) is 13.1. The number of nitrogens with zero attached hydrogens (tertiary/aromatic N) is 1. The number of rotatable bonds is 5. The lowest BCUT2D eigenvalue weighted by molar-refractivity contribution is -0.119. The minimum atomic E-state index is -0.270. The van der Waals surface area contributed by atoms with E-state index >= 15 is 0 Å². The van der Waals surface area contributed by atoms with E-state index < -0.39 is 0 Å². The molecule has 0 bridgehead atoms. The van der Waals surface area contributed by atoms with Crippen molar-refractivity contribution in [2.45, 2.75) is 19.6 Å². The highest BCUT2D eigenvalue weighted by molar-refractivity contribution is 8.03. The average Bonchev–Trinajstić information content (AvgIpc) is 3.38. The Kier molecular flexibility index (Phi) is 4.76. The number of carbonyl (C=O) groups excluding carboxylic acids is 2. The van der Waals surface area contributed by atoms with Gasteiger partial charge in [-0.15, -0.1) is 23.1 Å². The third-order valence-electron chi connectivity index (χ3n) is 4.56. The number of hydrogen-bond acceptors (Lipinski definition) is 5. The molecule has 0 N–H and O–H groups in total. The van der Waals surface area contributed by atoms with Gasteiger partial charge in [-0.2, -0.15) is 0 Å². The second kappa shape index (κ2) is 7.21. The largest absolute Gasteiger partial charge is 0.468 e. The number of imide groups is 1. The van der Waals surface area contributed by atoms with Crippen molar-refractivity contribution < 1.29 is 14.0 Å². The van der Waals surface area contributed by atoms with Crippen molar-refractivity contribution in [3.05, 3.63) is 80.8 Å². The van der Waals surface area contributed by atoms with E-state index in [2.05, 4.69) is 0 Å². The van der Waals surface area contributed by atoms with Gasteiger partial charge >= 0.3 is 0 Å². The second-order valence-electron chi connectivity index (χ2n) is 6.21. The van der Waals surface area contributed by atoms with Crippen LogP contribution in [0.15, 0.2) is 63.4 Å². The highest BCUT2D eigenvalue weighted by Gasteiger charge is 2.41. The Bertz CT molecular complexity index is 1030. The van der Waals surface area contributed by atoms with Crippen molar-refractivity contribution in [3.8, 4) is 0 Å². The molecule has 0 fully saturated rings. The first-order valence-corrected chi connectivity index (χ1v) is 10.3. The van der Waals surface area contributed by atoms with Gasteiger partial charge in [0, 0.05) is 4.88 Å². The Labute approximate surface area is 165 Å². The standard InChI is InChI=1S/C21H17NO3S2/c1-13-6-3-8-16(14(13)2)22-20(23)18(17-9-5-11-26-17)19(21(22)24)27-12-15-7-4-10-25-15/h3-11H,12H2,1-2H3. The van der Waals surface area contributed by atoms with E-state index in [1.807, 2.05) is 61.7 Å². The molecule has 0 aliphatic carbocycles. The van der Waals surface area contributed by atoms with Crippen molar-refractivity contribution in [1.82, 2.24) is 0 Å². The predicted molar refractivity (Wildman–Crippen MR) is 110 cm³/mol. The quantitative estimate of drug-likeness (QED) is 0.559. The summed E-state index contributed by atoms with van der Waals surface area (Å²) in [5.41, 5.74) is 3.10. The Morgan fingerprint density at radius 1 is 1.04 bits per heavy atom. The number of benzene rings is 1. The number of anilines is 1. The molecule has 0 saturated carbocycles. The highest BCUT2D eigenvalue weighted by atomic mass is 32.2. The van der Waals surface area contributed by atoms with E-state index in [0.717, 1.165) is 21.8 Å². The van der Waals surface area contributed by atoms with Gasteiger partial charge in [-0.3, -0.25) is 9.59 Å². The number of amides is 2. The van der Waals surface area contributed by atoms with Crippen LogP contribution in [0, 0.1) is 13.8 Å². The average molecular weight is 396 g/mol. The van der Waals surface area contributed by atoms with Crippen LogP contribution in [0.3, 0.4) is 0 Å². The second-order valence-corrected chi connectivity index (χ2v) is 8.15. The molecule has 3 aromatic rings. The fourth-order valence-electron chi connectivity index (χ4n) is 3.02. The molecule has 0 spiro atoms. The maximum atomic E-state index is 13.3. The van der Waals surface area contributed by atoms with Gasteiger partial charge in [-0.1, -0.05) is 18.2 Å². The van der Waals surface area contributed by atoms with Crippen molar-refractivity contribution in [3.63, 3.8) is 0 Å². The van der Waals surface area contributed by atoms with Gasteiger partial charge in [0.1, 0.15) is 5.76 Å². The SMILES string of the molecule is Cc1cccc(N2C(=O)C(SCc3ccco3)=C(c3cccs3)C2=O)c1C. The minimum absolute atomic E-state index is 0.266. The van der Waals surface area contributed by atoms with E-state index in [-0.39, 0.29) is 11.8 Å². The Morgan fingerprint density at radius 3 is 2.59 bits per heavy atom. The maximum absolute atomic E-state index is 13.3. The summed E-state index contributed by atoms with van der Waals surface area (Å²) < 4.78 is 5.38. The van der Waals surface area contributed by atoms with Crippen LogP contribution >= 0.6 is 23.1 Å². The summed E-state index contributed by atoms with van der Waals surface area (Å²) in [6, 6.07) is 13.1. The lowest BCUT2D eigenvalue weighted by Crippen LogP contribution is -2.32. The van der Waals surface area contributed by atoms with Crippen LogP contribution < -0.4 is 4.90 Å². The van der Waals surface area contributed by atoms with E-state index in [0.29, 0.717) is 21.9 Å². The molecule has 3 heterocycles. The number of furan rings is 1. The third kappa shape index (κ3) is 3.15. The molecule has 4 nitrogen and oxygen atoms in total. The van der Waals surface area contributed by atoms with Gasteiger partial charge in [-0.05, 0) is 54.6 Å². The molecule has 4 rings (SSSR count). The van der Waals surface area contributed by atoms with E-state index in [4.69, 9.17) is 4.42 Å². The number of aryl methyl sites for hydroxylation is 1. The summed E-state index contributed by atoms with van der Waals surface area (Å²) in [6.07, 6.45) is 1.61. The molecule has 0 unspecified atom stereocenters. The highest BCUT2D eigenvalue weighted by Crippen LogP contribution is 2.41. The Balaban J connectivity index is 1.76. The summed E-state index contributed by atoms with van der Waals surface area (Å²) >= 11 is 2.81. The number of hydrogen-bond donors (Lipinski definition) is 0. The Hall–Kier alpha value is -2.57. The van der Waals surface area contributed by atoms with Crippen molar-refractivity contribution in [2.24, 2.45) is 0 Å². The third-order valence-corrected chi connectivity index (χ3v) is 6.55. The smallest absolute Gasteiger partial charge is 0.272 e. The number of thiophene rings is 1. The van der Waals surface area contributed by atoms with E-state index in [9.17, 15) is 9.59 Å². The normalized spacial score (nSPS) is 14.5. The summed E-state index contributed by atoms with van der Waals surface area (Å²) in [5, 5.41) is 1.91. The molecule has 2 aromatic heterocycles. The van der Waals surface area contributed by atoms with Gasteiger partial charge in [0.25, 0.3) is 11.8 Å². The number of carbonyl (C=O) groups is 2. The summed E-state index contributed by atoms with van der Waals surface area (Å²) in [5.74, 6) is 0.729. The molecular formula is C21H17NO3S2. The fraction of sp³-hybridized carbons (Fsp3) is 0.143. The monoisotopic (exact) mass is 395 g/mol. The van der Waals surface area contributed by atoms with Crippen molar-refractivity contribution >= 4 is 46.2 Å².